The molecule has 1 N–H and O–H groups in total. The highest BCUT2D eigenvalue weighted by atomic mass is 79.9. The maximum Gasteiger partial charge on any atom is 0.250 e. The van der Waals surface area contributed by atoms with Gasteiger partial charge in [0.25, 0.3) is 0 Å². The zero-order chi connectivity index (χ0) is 21.3. The van der Waals surface area contributed by atoms with Crippen LogP contribution in [-0.4, -0.2) is 17.9 Å². The fourth-order valence-electron chi connectivity index (χ4n) is 2.39. The number of benzene rings is 3. The van der Waals surface area contributed by atoms with Crippen LogP contribution in [0.5, 0.6) is 5.75 Å². The first-order valence-corrected chi connectivity index (χ1v) is 11.0. The van der Waals surface area contributed by atoms with E-state index in [1.165, 1.54) is 23.9 Å². The third-order valence-electron chi connectivity index (χ3n) is 3.83. The van der Waals surface area contributed by atoms with Crippen molar-refractivity contribution in [3.63, 3.8) is 0 Å². The van der Waals surface area contributed by atoms with Crippen molar-refractivity contribution in [3.05, 3.63) is 93.2 Å². The molecule has 0 aliphatic rings. The average Bonchev–Trinajstić information content (AvgIpc) is 2.73. The van der Waals surface area contributed by atoms with Crippen LogP contribution in [0, 0.1) is 5.82 Å². The molecule has 0 heterocycles. The molecular formula is C22H17BrClFN2O2S. The van der Waals surface area contributed by atoms with Crippen molar-refractivity contribution < 1.29 is 13.9 Å². The minimum Gasteiger partial charge on any atom is -0.488 e. The van der Waals surface area contributed by atoms with Crippen LogP contribution >= 0.6 is 39.3 Å². The quantitative estimate of drug-likeness (QED) is 0.229. The Bertz CT molecular complexity index is 1050. The van der Waals surface area contributed by atoms with Gasteiger partial charge in [-0.25, -0.2) is 9.82 Å². The number of hydrazone groups is 1. The molecule has 154 valence electrons. The van der Waals surface area contributed by atoms with Crippen molar-refractivity contribution in [3.8, 4) is 5.75 Å². The smallest absolute Gasteiger partial charge is 0.250 e. The number of carbonyl (C=O) groups is 1. The molecule has 0 fully saturated rings. The molecule has 0 saturated heterocycles. The lowest BCUT2D eigenvalue weighted by molar-refractivity contribution is -0.118. The summed E-state index contributed by atoms with van der Waals surface area (Å²) in [6.07, 6.45) is 1.55. The normalized spacial score (nSPS) is 10.9. The van der Waals surface area contributed by atoms with E-state index in [-0.39, 0.29) is 24.1 Å². The number of nitrogens with zero attached hydrogens (tertiary/aromatic N) is 1. The third-order valence-corrected chi connectivity index (χ3v) is 5.71. The number of thioether (sulfide) groups is 1. The number of hydrogen-bond acceptors (Lipinski definition) is 4. The van der Waals surface area contributed by atoms with Crippen LogP contribution in [0.1, 0.15) is 11.1 Å². The molecule has 0 spiro atoms. The van der Waals surface area contributed by atoms with E-state index in [0.29, 0.717) is 10.8 Å². The molecule has 1 amide bonds. The molecule has 4 nitrogen and oxygen atoms in total. The second-order valence-corrected chi connectivity index (χ2v) is 8.48. The number of hydrogen-bond donors (Lipinski definition) is 1. The number of ether oxygens (including phenoxy) is 1. The summed E-state index contributed by atoms with van der Waals surface area (Å²) in [5, 5.41) is 4.64. The standard InChI is InChI=1S/C22H17BrClFN2O2S/c23-20-11-15(4-9-21(20)29-13-16-2-1-3-18(25)10-16)12-26-27-22(28)14-30-19-7-5-17(24)6-8-19/h1-12H,13-14H2,(H,27,28)/b26-12-. The third kappa shape index (κ3) is 7.16. The Hall–Kier alpha value is -2.35. The molecule has 0 unspecified atom stereocenters. The molecular weight excluding hydrogens is 491 g/mol. The van der Waals surface area contributed by atoms with Gasteiger partial charge in [-0.1, -0.05) is 23.7 Å². The van der Waals surface area contributed by atoms with Gasteiger partial charge >= 0.3 is 0 Å². The van der Waals surface area contributed by atoms with E-state index in [0.717, 1.165) is 20.5 Å². The fraction of sp³-hybridized carbons (Fsp3) is 0.0909. The summed E-state index contributed by atoms with van der Waals surface area (Å²) in [6, 6.07) is 19.0. The molecule has 0 bridgehead atoms. The van der Waals surface area contributed by atoms with E-state index < -0.39 is 0 Å². The molecule has 0 saturated carbocycles. The predicted octanol–water partition coefficient (Wildman–Crippen LogP) is 6.06. The molecule has 0 atom stereocenters. The first-order chi connectivity index (χ1) is 14.5. The lowest BCUT2D eigenvalue weighted by Crippen LogP contribution is -2.19. The second-order valence-electron chi connectivity index (χ2n) is 6.14. The molecule has 0 radical (unpaired) electrons. The van der Waals surface area contributed by atoms with Gasteiger partial charge < -0.3 is 4.74 Å². The average molecular weight is 508 g/mol. The van der Waals surface area contributed by atoms with Crippen LogP contribution in [0.3, 0.4) is 0 Å². The molecule has 0 aliphatic carbocycles. The highest BCUT2D eigenvalue weighted by Gasteiger charge is 2.04. The maximum atomic E-state index is 13.2. The topological polar surface area (TPSA) is 50.7 Å². The Morgan fingerprint density at radius 1 is 1.17 bits per heavy atom. The van der Waals surface area contributed by atoms with Crippen molar-refractivity contribution in [1.29, 1.82) is 0 Å². The summed E-state index contributed by atoms with van der Waals surface area (Å²) < 4.78 is 19.7. The van der Waals surface area contributed by atoms with E-state index in [2.05, 4.69) is 26.5 Å². The zero-order valence-electron chi connectivity index (χ0n) is 15.6. The molecule has 8 heteroatoms. The first kappa shape index (κ1) is 22.3. The van der Waals surface area contributed by atoms with Crippen LogP contribution in [0.25, 0.3) is 0 Å². The summed E-state index contributed by atoms with van der Waals surface area (Å²) >= 11 is 10.7. The van der Waals surface area contributed by atoms with Crippen molar-refractivity contribution in [2.24, 2.45) is 5.10 Å². The first-order valence-electron chi connectivity index (χ1n) is 8.87. The highest BCUT2D eigenvalue weighted by molar-refractivity contribution is 9.10. The van der Waals surface area contributed by atoms with Gasteiger partial charge in [-0.15, -0.1) is 11.8 Å². The lowest BCUT2D eigenvalue weighted by atomic mass is 10.2. The van der Waals surface area contributed by atoms with Gasteiger partial charge in [-0.3, -0.25) is 4.79 Å². The minimum atomic E-state index is -0.296. The van der Waals surface area contributed by atoms with Gasteiger partial charge in [0.1, 0.15) is 18.2 Å². The summed E-state index contributed by atoms with van der Waals surface area (Å²) in [4.78, 5) is 12.9. The summed E-state index contributed by atoms with van der Waals surface area (Å²) in [7, 11) is 0. The molecule has 3 aromatic carbocycles. The van der Waals surface area contributed by atoms with E-state index in [1.807, 2.05) is 24.3 Å². The highest BCUT2D eigenvalue weighted by Crippen LogP contribution is 2.26. The van der Waals surface area contributed by atoms with Crippen LogP contribution in [0.15, 0.2) is 81.2 Å². The van der Waals surface area contributed by atoms with Gasteiger partial charge in [-0.05, 0) is 81.7 Å². The largest absolute Gasteiger partial charge is 0.488 e. The van der Waals surface area contributed by atoms with E-state index in [1.54, 1.807) is 36.5 Å². The Kier molecular flexibility index (Phi) is 8.30. The van der Waals surface area contributed by atoms with Gasteiger partial charge in [0.15, 0.2) is 0 Å². The van der Waals surface area contributed by atoms with Gasteiger partial charge in [-0.2, -0.15) is 5.10 Å². The summed E-state index contributed by atoms with van der Waals surface area (Å²) in [6.45, 7) is 0.255. The number of amides is 1. The van der Waals surface area contributed by atoms with Crippen LogP contribution in [-0.2, 0) is 11.4 Å². The SMILES string of the molecule is O=C(CSc1ccc(Cl)cc1)N/N=C\c1ccc(OCc2cccc(F)c2)c(Br)c1. The van der Waals surface area contributed by atoms with E-state index in [4.69, 9.17) is 16.3 Å². The second kappa shape index (κ2) is 11.2. The van der Waals surface area contributed by atoms with Crippen LogP contribution in [0.4, 0.5) is 4.39 Å². The lowest BCUT2D eigenvalue weighted by Gasteiger charge is -2.09. The van der Waals surface area contributed by atoms with Gasteiger partial charge in [0.2, 0.25) is 5.91 Å². The van der Waals surface area contributed by atoms with Crippen molar-refractivity contribution in [1.82, 2.24) is 5.43 Å². The van der Waals surface area contributed by atoms with Gasteiger partial charge in [0.05, 0.1) is 16.4 Å². The van der Waals surface area contributed by atoms with E-state index >= 15 is 0 Å². The zero-order valence-corrected chi connectivity index (χ0v) is 18.8. The Balaban J connectivity index is 1.47. The summed E-state index contributed by atoms with van der Waals surface area (Å²) in [5.41, 5.74) is 4.03. The number of carbonyl (C=O) groups excluding carboxylic acids is 1. The molecule has 30 heavy (non-hydrogen) atoms. The number of rotatable bonds is 8. The number of halogens is 3. The molecule has 0 aromatic heterocycles. The fourth-order valence-corrected chi connectivity index (χ4v) is 3.72. The minimum absolute atomic E-state index is 0.208. The van der Waals surface area contributed by atoms with Crippen LogP contribution in [0.2, 0.25) is 5.02 Å². The summed E-state index contributed by atoms with van der Waals surface area (Å²) in [5.74, 6) is 0.366. The predicted molar refractivity (Wildman–Crippen MR) is 123 cm³/mol. The Morgan fingerprint density at radius 2 is 1.97 bits per heavy atom. The Labute approximate surface area is 191 Å². The maximum absolute atomic E-state index is 13.2. The van der Waals surface area contributed by atoms with Crippen molar-refractivity contribution in [2.75, 3.05) is 5.75 Å². The monoisotopic (exact) mass is 506 g/mol. The Morgan fingerprint density at radius 3 is 2.70 bits per heavy atom. The van der Waals surface area contributed by atoms with Crippen molar-refractivity contribution >= 4 is 51.4 Å². The number of nitrogens with one attached hydrogen (secondary N) is 1. The molecule has 3 aromatic rings. The molecule has 0 aliphatic heterocycles. The van der Waals surface area contributed by atoms with Crippen LogP contribution < -0.4 is 10.2 Å². The van der Waals surface area contributed by atoms with Gasteiger partial charge in [0, 0.05) is 9.92 Å². The van der Waals surface area contributed by atoms with Crippen molar-refractivity contribution in [2.45, 2.75) is 11.5 Å². The van der Waals surface area contributed by atoms with E-state index in [9.17, 15) is 9.18 Å². The molecule has 3 rings (SSSR count).